The highest BCUT2D eigenvalue weighted by Gasteiger charge is 2.22. The summed E-state index contributed by atoms with van der Waals surface area (Å²) in [7, 11) is 0. The van der Waals surface area contributed by atoms with Crippen molar-refractivity contribution >= 4 is 16.8 Å². The summed E-state index contributed by atoms with van der Waals surface area (Å²) in [6.45, 7) is 0.637. The van der Waals surface area contributed by atoms with Gasteiger partial charge in [0, 0.05) is 42.9 Å². The van der Waals surface area contributed by atoms with Crippen LogP contribution in [0.2, 0.25) is 0 Å². The zero-order valence-electron chi connectivity index (χ0n) is 14.6. The molecule has 1 aromatic carbocycles. The molecule has 6 nitrogen and oxygen atoms in total. The highest BCUT2D eigenvalue weighted by Crippen LogP contribution is 2.20. The minimum absolute atomic E-state index is 0.0565. The van der Waals surface area contributed by atoms with E-state index >= 15 is 0 Å². The SMILES string of the molecule is O=C1NCCc2c1cnn2-c1ccnc(Cc2cnc3ccccc3c2)c1. The van der Waals surface area contributed by atoms with E-state index in [0.29, 0.717) is 18.5 Å². The Kier molecular flexibility index (Phi) is 3.67. The van der Waals surface area contributed by atoms with Crippen LogP contribution in [0.15, 0.2) is 61.1 Å². The number of pyridine rings is 2. The number of rotatable bonds is 3. The highest BCUT2D eigenvalue weighted by atomic mass is 16.1. The number of hydrogen-bond acceptors (Lipinski definition) is 4. The molecule has 4 heterocycles. The molecule has 27 heavy (non-hydrogen) atoms. The number of aromatic nitrogens is 4. The second-order valence-corrected chi connectivity index (χ2v) is 6.64. The van der Waals surface area contributed by atoms with Crippen LogP contribution in [0, 0.1) is 0 Å². The van der Waals surface area contributed by atoms with Gasteiger partial charge in [0.2, 0.25) is 0 Å². The summed E-state index contributed by atoms with van der Waals surface area (Å²) in [6, 6.07) is 14.2. The van der Waals surface area contributed by atoms with E-state index in [1.807, 2.05) is 41.2 Å². The lowest BCUT2D eigenvalue weighted by Gasteiger charge is -2.15. The predicted molar refractivity (Wildman–Crippen MR) is 102 cm³/mol. The van der Waals surface area contributed by atoms with Gasteiger partial charge in [0.05, 0.1) is 28.7 Å². The van der Waals surface area contributed by atoms with E-state index in [4.69, 9.17) is 0 Å². The molecule has 3 aromatic heterocycles. The topological polar surface area (TPSA) is 72.7 Å². The number of para-hydroxylation sites is 1. The zero-order valence-corrected chi connectivity index (χ0v) is 14.6. The van der Waals surface area contributed by atoms with Gasteiger partial charge in [-0.05, 0) is 29.8 Å². The first-order chi connectivity index (χ1) is 13.3. The fraction of sp³-hybridized carbons (Fsp3) is 0.143. The molecular weight excluding hydrogens is 338 g/mol. The number of nitrogens with one attached hydrogen (secondary N) is 1. The Morgan fingerprint density at radius 1 is 1.07 bits per heavy atom. The Morgan fingerprint density at radius 3 is 2.96 bits per heavy atom. The van der Waals surface area contributed by atoms with E-state index in [1.165, 1.54) is 0 Å². The number of nitrogens with zero attached hydrogens (tertiary/aromatic N) is 4. The molecule has 4 aromatic rings. The monoisotopic (exact) mass is 355 g/mol. The number of fused-ring (bicyclic) bond motifs is 2. The van der Waals surface area contributed by atoms with Crippen LogP contribution in [0.1, 0.15) is 27.3 Å². The third-order valence-corrected chi connectivity index (χ3v) is 4.84. The Balaban J connectivity index is 1.48. The molecule has 0 fully saturated rings. The molecule has 0 atom stereocenters. The van der Waals surface area contributed by atoms with Crippen LogP contribution in [0.3, 0.4) is 0 Å². The van der Waals surface area contributed by atoms with Gasteiger partial charge in [-0.25, -0.2) is 4.68 Å². The zero-order chi connectivity index (χ0) is 18.2. The Hall–Kier alpha value is -3.54. The molecule has 0 saturated carbocycles. The molecule has 1 aliphatic heterocycles. The molecule has 6 heteroatoms. The lowest BCUT2D eigenvalue weighted by atomic mass is 10.1. The average molecular weight is 355 g/mol. The van der Waals surface area contributed by atoms with Gasteiger partial charge in [0.1, 0.15) is 0 Å². The van der Waals surface area contributed by atoms with E-state index in [-0.39, 0.29) is 5.91 Å². The first-order valence-corrected chi connectivity index (χ1v) is 8.92. The molecule has 1 amide bonds. The largest absolute Gasteiger partial charge is 0.352 e. The fourth-order valence-electron chi connectivity index (χ4n) is 3.53. The second-order valence-electron chi connectivity index (χ2n) is 6.64. The summed E-state index contributed by atoms with van der Waals surface area (Å²) >= 11 is 0. The van der Waals surface area contributed by atoms with Crippen LogP contribution in [0.5, 0.6) is 0 Å². The van der Waals surface area contributed by atoms with Crippen LogP contribution in [0.25, 0.3) is 16.6 Å². The lowest BCUT2D eigenvalue weighted by Crippen LogP contribution is -2.32. The first-order valence-electron chi connectivity index (χ1n) is 8.92. The van der Waals surface area contributed by atoms with Crippen molar-refractivity contribution in [2.24, 2.45) is 0 Å². The maximum absolute atomic E-state index is 12.0. The van der Waals surface area contributed by atoms with Crippen LogP contribution in [0.4, 0.5) is 0 Å². The summed E-state index contributed by atoms with van der Waals surface area (Å²) in [5, 5.41) is 8.40. The maximum atomic E-state index is 12.0. The second kappa shape index (κ2) is 6.32. The van der Waals surface area contributed by atoms with Gasteiger partial charge < -0.3 is 5.32 Å². The van der Waals surface area contributed by atoms with Crippen molar-refractivity contribution in [3.63, 3.8) is 0 Å². The van der Waals surface area contributed by atoms with E-state index in [0.717, 1.165) is 40.0 Å². The number of carbonyl (C=O) groups excluding carboxylic acids is 1. The molecule has 0 radical (unpaired) electrons. The lowest BCUT2D eigenvalue weighted by molar-refractivity contribution is 0.0945. The van der Waals surface area contributed by atoms with E-state index in [9.17, 15) is 4.79 Å². The number of amides is 1. The van der Waals surface area contributed by atoms with Crippen molar-refractivity contribution in [2.45, 2.75) is 12.8 Å². The van der Waals surface area contributed by atoms with Crippen LogP contribution in [-0.4, -0.2) is 32.2 Å². The van der Waals surface area contributed by atoms with Crippen LogP contribution >= 0.6 is 0 Å². The minimum Gasteiger partial charge on any atom is -0.352 e. The Bertz CT molecular complexity index is 1160. The Morgan fingerprint density at radius 2 is 2.00 bits per heavy atom. The van der Waals surface area contributed by atoms with Gasteiger partial charge in [0.25, 0.3) is 5.91 Å². The van der Waals surface area contributed by atoms with Crippen molar-refractivity contribution in [1.82, 2.24) is 25.1 Å². The molecule has 0 saturated heterocycles. The molecule has 1 aliphatic rings. The molecule has 0 aliphatic carbocycles. The average Bonchev–Trinajstić information content (AvgIpc) is 3.14. The molecule has 1 N–H and O–H groups in total. The standard InChI is InChI=1S/C21H17N5O/c27-21-18-13-25-26(20(18)6-8-23-21)17-5-7-22-16(11-17)10-14-9-15-3-1-2-4-19(15)24-12-14/h1-5,7,9,11-13H,6,8,10H2,(H,23,27). The third kappa shape index (κ3) is 2.85. The highest BCUT2D eigenvalue weighted by molar-refractivity contribution is 5.96. The smallest absolute Gasteiger partial charge is 0.254 e. The van der Waals surface area contributed by atoms with Crippen molar-refractivity contribution < 1.29 is 4.79 Å². The van der Waals surface area contributed by atoms with Gasteiger partial charge in [-0.1, -0.05) is 18.2 Å². The molecule has 5 rings (SSSR count). The molecular formula is C21H17N5O. The maximum Gasteiger partial charge on any atom is 0.254 e. The molecule has 0 spiro atoms. The molecule has 132 valence electrons. The number of hydrogen-bond donors (Lipinski definition) is 1. The third-order valence-electron chi connectivity index (χ3n) is 4.84. The number of carbonyl (C=O) groups is 1. The van der Waals surface area contributed by atoms with Crippen molar-refractivity contribution in [1.29, 1.82) is 0 Å². The molecule has 0 bridgehead atoms. The summed E-state index contributed by atoms with van der Waals surface area (Å²) < 4.78 is 1.85. The quantitative estimate of drug-likeness (QED) is 0.613. The number of benzene rings is 1. The van der Waals surface area contributed by atoms with E-state index in [2.05, 4.69) is 32.5 Å². The van der Waals surface area contributed by atoms with Crippen molar-refractivity contribution in [3.8, 4) is 5.69 Å². The summed E-state index contributed by atoms with van der Waals surface area (Å²) in [5.74, 6) is -0.0565. The Labute approximate surface area is 155 Å². The van der Waals surface area contributed by atoms with Gasteiger partial charge >= 0.3 is 0 Å². The summed E-state index contributed by atoms with van der Waals surface area (Å²) in [6.07, 6.45) is 6.78. The minimum atomic E-state index is -0.0565. The van der Waals surface area contributed by atoms with Crippen molar-refractivity contribution in [3.05, 3.63) is 83.6 Å². The van der Waals surface area contributed by atoms with Crippen molar-refractivity contribution in [2.75, 3.05) is 6.54 Å². The predicted octanol–water partition coefficient (Wildman–Crippen LogP) is 2.69. The summed E-state index contributed by atoms with van der Waals surface area (Å²) in [4.78, 5) is 21.0. The fourth-order valence-corrected chi connectivity index (χ4v) is 3.53. The van der Waals surface area contributed by atoms with E-state index in [1.54, 1.807) is 12.4 Å². The van der Waals surface area contributed by atoms with E-state index < -0.39 is 0 Å². The van der Waals surface area contributed by atoms with Gasteiger partial charge in [-0.2, -0.15) is 5.10 Å². The van der Waals surface area contributed by atoms with Crippen LogP contribution < -0.4 is 5.32 Å². The van der Waals surface area contributed by atoms with Crippen LogP contribution in [-0.2, 0) is 12.8 Å². The van der Waals surface area contributed by atoms with Gasteiger partial charge in [-0.15, -0.1) is 0 Å². The van der Waals surface area contributed by atoms with Gasteiger partial charge in [0.15, 0.2) is 0 Å². The normalized spacial score (nSPS) is 13.4. The summed E-state index contributed by atoms with van der Waals surface area (Å²) in [5.41, 5.74) is 5.56. The van der Waals surface area contributed by atoms with Gasteiger partial charge in [-0.3, -0.25) is 14.8 Å². The molecule has 0 unspecified atom stereocenters. The first kappa shape index (κ1) is 15.7.